The van der Waals surface area contributed by atoms with E-state index in [1.165, 1.54) is 6.07 Å². The second kappa shape index (κ2) is 11.3. The van der Waals surface area contributed by atoms with Crippen LogP contribution in [0.25, 0.3) is 89.7 Å². The van der Waals surface area contributed by atoms with Crippen LogP contribution in [0.2, 0.25) is 0 Å². The van der Waals surface area contributed by atoms with Gasteiger partial charge in [-0.15, -0.1) is 0 Å². The molecule has 0 amide bonds. The van der Waals surface area contributed by atoms with Crippen LogP contribution in [0, 0.1) is 0 Å². The number of benzene rings is 4. The summed E-state index contributed by atoms with van der Waals surface area (Å²) in [6.45, 7) is 0. The van der Waals surface area contributed by atoms with Crippen LogP contribution in [0.15, 0.2) is 91.0 Å². The summed E-state index contributed by atoms with van der Waals surface area (Å²) >= 11 is 0. The molecule has 0 spiro atoms. The summed E-state index contributed by atoms with van der Waals surface area (Å²) < 4.78 is 29.3. The van der Waals surface area contributed by atoms with Gasteiger partial charge < -0.3 is 14.2 Å². The van der Waals surface area contributed by atoms with Crippen LogP contribution in [0.1, 0.15) is 0 Å². The molecule has 2 radical (unpaired) electrons. The molecule has 0 unspecified atom stereocenters. The summed E-state index contributed by atoms with van der Waals surface area (Å²) in [5, 5.41) is 7.95. The van der Waals surface area contributed by atoms with Gasteiger partial charge in [0.25, 0.3) is 0 Å². The molecule has 0 aliphatic carbocycles. The molecule has 3 aromatic heterocycles. The minimum Gasteiger partial charge on any atom is -0.370 e. The van der Waals surface area contributed by atoms with Gasteiger partial charge in [0.2, 0.25) is 0 Å². The number of nitrogens with zero attached hydrogens (tertiary/aromatic N) is 6. The Morgan fingerprint density at radius 3 is 1.34 bits per heavy atom. The number of rotatable bonds is 2. The topological polar surface area (TPSA) is 178 Å². The van der Waals surface area contributed by atoms with Gasteiger partial charge >= 0.3 is 10.3 Å². The molecular weight excluding hydrogens is 708 g/mol. The summed E-state index contributed by atoms with van der Waals surface area (Å²) in [6, 6.07) is 28.1. The van der Waals surface area contributed by atoms with Gasteiger partial charge in [-0.3, -0.25) is 0 Å². The fraction of sp³-hybridized carbons (Fsp3) is 0. The van der Waals surface area contributed by atoms with Gasteiger partial charge in [-0.25, -0.2) is 29.9 Å². The maximum atomic E-state index is 12.0. The molecule has 47 heavy (non-hydrogen) atoms. The van der Waals surface area contributed by atoms with Crippen molar-refractivity contribution in [2.75, 3.05) is 0 Å². The van der Waals surface area contributed by atoms with E-state index in [9.17, 15) is 8.42 Å². The third-order valence-electron chi connectivity index (χ3n) is 7.75. The van der Waals surface area contributed by atoms with Gasteiger partial charge in [0.15, 0.2) is 29.0 Å². The predicted octanol–water partition coefficient (Wildman–Crippen LogP) is 5.45. The van der Waals surface area contributed by atoms with E-state index in [-0.39, 0.29) is 45.0 Å². The van der Waals surface area contributed by atoms with Crippen molar-refractivity contribution in [2.45, 2.75) is 0 Å². The third-order valence-corrected chi connectivity index (χ3v) is 8.16. The van der Waals surface area contributed by atoms with E-state index in [2.05, 4.69) is 9.97 Å². The summed E-state index contributed by atoms with van der Waals surface area (Å²) in [4.78, 5) is 36.1. The van der Waals surface area contributed by atoms with E-state index in [1.807, 2.05) is 72.8 Å². The molecule has 7 aromatic rings. The van der Waals surface area contributed by atoms with Crippen LogP contribution in [0.3, 0.4) is 0 Å². The normalized spacial score (nSPS) is 11.8. The van der Waals surface area contributed by atoms with Crippen LogP contribution in [0.5, 0.6) is 5.75 Å². The smallest absolute Gasteiger partial charge is 0.370 e. The average Bonchev–Trinajstić information content (AvgIpc) is 3.76. The quantitative estimate of drug-likeness (QED) is 0.209. The molecule has 12 nitrogen and oxygen atoms in total. The molecule has 234 valence electrons. The zero-order valence-electron chi connectivity index (χ0n) is 23.7. The van der Waals surface area contributed by atoms with Crippen molar-refractivity contribution >= 4 is 54.4 Å². The Labute approximate surface area is 286 Å². The molecular formula is C32H19Co2N9O3S. The Morgan fingerprint density at radius 1 is 0.489 bits per heavy atom. The minimum atomic E-state index is -4.35. The zero-order chi connectivity index (χ0) is 30.3. The van der Waals surface area contributed by atoms with Crippen LogP contribution in [-0.2, 0) is 43.9 Å². The van der Waals surface area contributed by atoms with Crippen LogP contribution in [0.4, 0.5) is 0 Å². The summed E-state index contributed by atoms with van der Waals surface area (Å²) in [7, 11) is -4.35. The Hall–Kier alpha value is -5.04. The summed E-state index contributed by atoms with van der Waals surface area (Å²) in [6.07, 6.45) is 0. The van der Waals surface area contributed by atoms with Crippen LogP contribution >= 0.6 is 0 Å². The molecule has 2 aliphatic rings. The van der Waals surface area contributed by atoms with Crippen molar-refractivity contribution < 1.29 is 46.2 Å². The Kier molecular flexibility index (Phi) is 7.38. The Bertz CT molecular complexity index is 2690. The number of aromatic nitrogens is 8. The SMILES string of the molecule is NS(=O)(=O)Oc1cccc2c3nc4nc(nc5[nH]c(nc6nc(nc([nH]3)c12)-c1ccccc1-6)c1ccccc51)-c1ccccc1-4.[Co].[Co]. The first kappa shape index (κ1) is 30.6. The van der Waals surface area contributed by atoms with Crippen molar-refractivity contribution in [1.29, 1.82) is 0 Å². The number of nitrogens with two attached hydrogens (primary N) is 1. The first-order valence-electron chi connectivity index (χ1n) is 13.8. The van der Waals surface area contributed by atoms with Crippen molar-refractivity contribution in [3.05, 3.63) is 91.0 Å². The number of hydrogen-bond acceptors (Lipinski definition) is 9. The molecule has 0 atom stereocenters. The molecule has 0 saturated carbocycles. The Morgan fingerprint density at radius 2 is 0.872 bits per heavy atom. The predicted molar refractivity (Wildman–Crippen MR) is 170 cm³/mol. The van der Waals surface area contributed by atoms with Crippen molar-refractivity contribution in [2.24, 2.45) is 5.14 Å². The first-order valence-corrected chi connectivity index (χ1v) is 15.3. The molecule has 4 N–H and O–H groups in total. The summed E-state index contributed by atoms with van der Waals surface area (Å²) in [5.74, 6) is 1.72. The van der Waals surface area contributed by atoms with Gasteiger partial charge in [-0.05, 0) is 6.07 Å². The van der Waals surface area contributed by atoms with Crippen molar-refractivity contribution in [1.82, 2.24) is 39.9 Å². The molecule has 0 saturated heterocycles. The molecule has 15 heteroatoms. The maximum Gasteiger partial charge on any atom is 0.380 e. The monoisotopic (exact) mass is 727 g/mol. The third kappa shape index (κ3) is 5.05. The number of nitrogens with one attached hydrogen (secondary N) is 2. The van der Waals surface area contributed by atoms with Crippen LogP contribution in [-0.4, -0.2) is 48.3 Å². The van der Waals surface area contributed by atoms with E-state index >= 15 is 0 Å². The van der Waals surface area contributed by atoms with Gasteiger partial charge in [-0.1, -0.05) is 84.9 Å². The second-order valence-electron chi connectivity index (χ2n) is 10.5. The zero-order valence-corrected chi connectivity index (χ0v) is 26.6. The number of fused-ring (bicyclic) bond motifs is 20. The molecule has 0 fully saturated rings. The standard InChI is InChI=1S/C32H19N9O3S.2Co/c33-45(42,43)44-23-15-7-14-22-24(23)32-40-30-21-13-6-5-12-20(21)28(38-30)36-26-17-9-2-1-8-16(17)25(34-26)35-27-18-10-3-4-11-19(18)29(37-27)39-31(22)41-32;;/h1-15H,(H2,33,42,43)(H2,34,35,36,37,38,39,40,41);;. The fourth-order valence-electron chi connectivity index (χ4n) is 5.85. The molecule has 8 bridgehead atoms. The van der Waals surface area contributed by atoms with Crippen LogP contribution < -0.4 is 9.32 Å². The van der Waals surface area contributed by atoms with Crippen molar-refractivity contribution in [3.8, 4) is 51.3 Å². The van der Waals surface area contributed by atoms with Crippen molar-refractivity contribution in [3.63, 3.8) is 0 Å². The summed E-state index contributed by atoms with van der Waals surface area (Å²) in [5.41, 5.74) is 4.98. The minimum absolute atomic E-state index is 0. The van der Waals surface area contributed by atoms with E-state index < -0.39 is 10.3 Å². The first-order chi connectivity index (χ1) is 21.9. The van der Waals surface area contributed by atoms with Gasteiger partial charge in [0, 0.05) is 72.0 Å². The average molecular weight is 727 g/mol. The number of H-pyrrole nitrogens is 2. The maximum absolute atomic E-state index is 12.0. The molecule has 4 aromatic carbocycles. The second-order valence-corrected chi connectivity index (χ2v) is 11.7. The van der Waals surface area contributed by atoms with E-state index in [0.29, 0.717) is 51.0 Å². The van der Waals surface area contributed by atoms with E-state index in [1.54, 1.807) is 12.1 Å². The fourth-order valence-corrected chi connectivity index (χ4v) is 6.24. The van der Waals surface area contributed by atoms with E-state index in [4.69, 9.17) is 39.2 Å². The number of aromatic amines is 2. The Balaban J connectivity index is 0.00000176. The van der Waals surface area contributed by atoms with Gasteiger partial charge in [-0.2, -0.15) is 13.6 Å². The van der Waals surface area contributed by atoms with Gasteiger partial charge in [0.05, 0.1) is 5.39 Å². The largest absolute Gasteiger partial charge is 0.380 e. The molecule has 2 aliphatic heterocycles. The molecule has 9 rings (SSSR count). The number of hydrogen-bond donors (Lipinski definition) is 3. The van der Waals surface area contributed by atoms with E-state index in [0.717, 1.165) is 33.0 Å². The van der Waals surface area contributed by atoms with Gasteiger partial charge in [0.1, 0.15) is 22.6 Å². The molecule has 5 heterocycles.